The van der Waals surface area contributed by atoms with Gasteiger partial charge in [-0.2, -0.15) is 0 Å². The van der Waals surface area contributed by atoms with E-state index < -0.39 is 0 Å². The van der Waals surface area contributed by atoms with Gasteiger partial charge in [-0.15, -0.1) is 0 Å². The number of nitrogens with one attached hydrogen (secondary N) is 1. The van der Waals surface area contributed by atoms with Gasteiger partial charge >= 0.3 is 0 Å². The maximum absolute atomic E-state index is 6.08. The second-order valence-electron chi connectivity index (χ2n) is 7.31. The molecule has 2 aliphatic rings. The summed E-state index contributed by atoms with van der Waals surface area (Å²) in [5.74, 6) is 3.13. The average molecular weight is 290 g/mol. The lowest BCUT2D eigenvalue weighted by Crippen LogP contribution is -2.34. The smallest absolute Gasteiger partial charge is 0.120 e. The molecule has 3 rings (SSSR count). The summed E-state index contributed by atoms with van der Waals surface area (Å²) in [5, 5.41) is 3.54. The first-order chi connectivity index (χ1) is 10.1. The molecule has 2 unspecified atom stereocenters. The maximum Gasteiger partial charge on any atom is 0.120 e. The van der Waals surface area contributed by atoms with E-state index in [2.05, 4.69) is 37.2 Å². The Balaban J connectivity index is 1.54. The van der Waals surface area contributed by atoms with Gasteiger partial charge < -0.3 is 9.73 Å². The Bertz CT molecular complexity index is 464. The molecule has 1 aromatic heterocycles. The molecule has 3 heteroatoms. The highest BCUT2D eigenvalue weighted by Crippen LogP contribution is 2.28. The molecular weight excluding hydrogens is 260 g/mol. The van der Waals surface area contributed by atoms with Crippen LogP contribution in [0, 0.1) is 12.8 Å². The van der Waals surface area contributed by atoms with Crippen molar-refractivity contribution in [2.45, 2.75) is 77.5 Å². The van der Waals surface area contributed by atoms with Crippen LogP contribution in [0.25, 0.3) is 0 Å². The molecule has 0 bridgehead atoms. The summed E-state index contributed by atoms with van der Waals surface area (Å²) in [7, 11) is 2.25. The molecule has 2 fully saturated rings. The minimum absolute atomic E-state index is 0.729. The van der Waals surface area contributed by atoms with Gasteiger partial charge in [-0.25, -0.2) is 0 Å². The molecule has 3 nitrogen and oxygen atoms in total. The lowest BCUT2D eigenvalue weighted by atomic mass is 9.86. The molecule has 0 radical (unpaired) electrons. The molecule has 0 aromatic carbocycles. The van der Waals surface area contributed by atoms with Gasteiger partial charge in [0, 0.05) is 12.1 Å². The first kappa shape index (κ1) is 15.1. The second kappa shape index (κ2) is 6.53. The third kappa shape index (κ3) is 4.10. The lowest BCUT2D eigenvalue weighted by molar-refractivity contribution is 0.148. The fourth-order valence-electron chi connectivity index (χ4n) is 3.55. The molecule has 1 aromatic rings. The fourth-order valence-corrected chi connectivity index (χ4v) is 3.55. The van der Waals surface area contributed by atoms with Crippen molar-refractivity contribution in [3.63, 3.8) is 0 Å². The quantitative estimate of drug-likeness (QED) is 0.862. The number of furan rings is 1. The van der Waals surface area contributed by atoms with Crippen LogP contribution in [-0.4, -0.2) is 24.0 Å². The Hall–Kier alpha value is -0.800. The van der Waals surface area contributed by atoms with Crippen LogP contribution in [0.2, 0.25) is 0 Å². The highest BCUT2D eigenvalue weighted by Gasteiger charge is 2.24. The second-order valence-corrected chi connectivity index (χ2v) is 7.31. The first-order valence-corrected chi connectivity index (χ1v) is 8.63. The SMILES string of the molecule is Cc1cc(CN(C)C2CCCC(C)C2)oc1CNC1CC1. The van der Waals surface area contributed by atoms with Crippen LogP contribution in [0.15, 0.2) is 10.5 Å². The van der Waals surface area contributed by atoms with Gasteiger partial charge in [0.05, 0.1) is 13.1 Å². The highest BCUT2D eigenvalue weighted by atomic mass is 16.3. The number of hydrogen-bond acceptors (Lipinski definition) is 3. The zero-order chi connectivity index (χ0) is 14.8. The predicted octanol–water partition coefficient (Wildman–Crippen LogP) is 3.85. The molecule has 2 aliphatic carbocycles. The average Bonchev–Trinajstić information content (AvgIpc) is 3.21. The summed E-state index contributed by atoms with van der Waals surface area (Å²) < 4.78 is 6.08. The Morgan fingerprint density at radius 3 is 2.81 bits per heavy atom. The molecule has 118 valence electrons. The molecule has 1 heterocycles. The van der Waals surface area contributed by atoms with Crippen molar-refractivity contribution < 1.29 is 4.42 Å². The summed E-state index contributed by atoms with van der Waals surface area (Å²) in [5.41, 5.74) is 1.29. The number of aryl methyl sites for hydroxylation is 1. The van der Waals surface area contributed by atoms with Crippen LogP contribution in [0.5, 0.6) is 0 Å². The van der Waals surface area contributed by atoms with Crippen molar-refractivity contribution in [3.05, 3.63) is 23.2 Å². The Morgan fingerprint density at radius 1 is 1.29 bits per heavy atom. The van der Waals surface area contributed by atoms with Crippen LogP contribution in [0.4, 0.5) is 0 Å². The third-order valence-corrected chi connectivity index (χ3v) is 5.14. The van der Waals surface area contributed by atoms with E-state index in [0.29, 0.717) is 0 Å². The summed E-state index contributed by atoms with van der Waals surface area (Å²) in [6, 6.07) is 3.70. The highest BCUT2D eigenvalue weighted by molar-refractivity contribution is 5.20. The van der Waals surface area contributed by atoms with Gasteiger partial charge in [-0.05, 0) is 57.2 Å². The van der Waals surface area contributed by atoms with Crippen molar-refractivity contribution in [1.82, 2.24) is 10.2 Å². The Labute approximate surface area is 129 Å². The van der Waals surface area contributed by atoms with Crippen molar-refractivity contribution in [1.29, 1.82) is 0 Å². The van der Waals surface area contributed by atoms with Crippen LogP contribution in [0.3, 0.4) is 0 Å². The largest absolute Gasteiger partial charge is 0.463 e. The van der Waals surface area contributed by atoms with Crippen LogP contribution in [0.1, 0.15) is 62.5 Å². The topological polar surface area (TPSA) is 28.4 Å². The van der Waals surface area contributed by atoms with E-state index in [1.807, 2.05) is 0 Å². The molecule has 0 spiro atoms. The van der Waals surface area contributed by atoms with Gasteiger partial charge in [0.15, 0.2) is 0 Å². The predicted molar refractivity (Wildman–Crippen MR) is 86.2 cm³/mol. The summed E-state index contributed by atoms with van der Waals surface area (Å²) in [4.78, 5) is 2.49. The van der Waals surface area contributed by atoms with E-state index in [0.717, 1.165) is 42.6 Å². The van der Waals surface area contributed by atoms with E-state index in [1.54, 1.807) is 0 Å². The molecule has 2 saturated carbocycles. The summed E-state index contributed by atoms with van der Waals surface area (Å²) >= 11 is 0. The standard InChI is InChI=1S/C18H30N2O/c1-13-5-4-6-16(9-13)20(3)12-17-10-14(2)18(21-17)11-19-15-7-8-15/h10,13,15-16,19H,4-9,11-12H2,1-3H3. The van der Waals surface area contributed by atoms with E-state index in [-0.39, 0.29) is 0 Å². The van der Waals surface area contributed by atoms with Gasteiger partial charge in [0.25, 0.3) is 0 Å². The van der Waals surface area contributed by atoms with Crippen LogP contribution < -0.4 is 5.32 Å². The monoisotopic (exact) mass is 290 g/mol. The Kier molecular flexibility index (Phi) is 4.70. The third-order valence-electron chi connectivity index (χ3n) is 5.14. The zero-order valence-corrected chi connectivity index (χ0v) is 13.8. The van der Waals surface area contributed by atoms with Gasteiger partial charge in [-0.1, -0.05) is 19.8 Å². The minimum Gasteiger partial charge on any atom is -0.463 e. The van der Waals surface area contributed by atoms with Crippen LogP contribution in [-0.2, 0) is 13.1 Å². The van der Waals surface area contributed by atoms with Gasteiger partial charge in [0.2, 0.25) is 0 Å². The van der Waals surface area contributed by atoms with E-state index in [1.165, 1.54) is 44.1 Å². The fraction of sp³-hybridized carbons (Fsp3) is 0.778. The molecule has 0 aliphatic heterocycles. The zero-order valence-electron chi connectivity index (χ0n) is 13.8. The molecule has 0 amide bonds. The maximum atomic E-state index is 6.08. The van der Waals surface area contributed by atoms with Crippen molar-refractivity contribution in [2.24, 2.45) is 5.92 Å². The summed E-state index contributed by atoms with van der Waals surface area (Å²) in [6.45, 7) is 6.39. The van der Waals surface area contributed by atoms with Crippen LogP contribution >= 0.6 is 0 Å². The molecule has 1 N–H and O–H groups in total. The minimum atomic E-state index is 0.729. The molecule has 21 heavy (non-hydrogen) atoms. The normalized spacial score (nSPS) is 26.5. The van der Waals surface area contributed by atoms with Gasteiger partial charge in [-0.3, -0.25) is 4.90 Å². The van der Waals surface area contributed by atoms with Crippen molar-refractivity contribution in [3.8, 4) is 0 Å². The first-order valence-electron chi connectivity index (χ1n) is 8.63. The van der Waals surface area contributed by atoms with E-state index in [4.69, 9.17) is 4.42 Å². The van der Waals surface area contributed by atoms with E-state index >= 15 is 0 Å². The number of hydrogen-bond donors (Lipinski definition) is 1. The number of nitrogens with zero attached hydrogens (tertiary/aromatic N) is 1. The Morgan fingerprint density at radius 2 is 2.10 bits per heavy atom. The van der Waals surface area contributed by atoms with Crippen molar-refractivity contribution in [2.75, 3.05) is 7.05 Å². The van der Waals surface area contributed by atoms with Gasteiger partial charge in [0.1, 0.15) is 11.5 Å². The molecular formula is C18H30N2O. The molecule has 0 saturated heterocycles. The van der Waals surface area contributed by atoms with E-state index in [9.17, 15) is 0 Å². The lowest BCUT2D eigenvalue weighted by Gasteiger charge is -2.33. The molecule has 2 atom stereocenters. The number of rotatable bonds is 6. The van der Waals surface area contributed by atoms with Crippen molar-refractivity contribution >= 4 is 0 Å². The summed E-state index contributed by atoms with van der Waals surface area (Å²) in [6.07, 6.45) is 8.12.